The van der Waals surface area contributed by atoms with E-state index in [2.05, 4.69) is 0 Å². The first kappa shape index (κ1) is 13.8. The number of rotatable bonds is 5. The lowest BCUT2D eigenvalue weighted by Gasteiger charge is -2.10. The number of benzene rings is 1. The Bertz CT molecular complexity index is 395. The van der Waals surface area contributed by atoms with Gasteiger partial charge in [-0.25, -0.2) is 4.39 Å². The molecule has 0 aliphatic heterocycles. The monoisotopic (exact) mass is 260 g/mol. The maximum absolute atomic E-state index is 13.1. The molecule has 0 aliphatic rings. The van der Waals surface area contributed by atoms with Gasteiger partial charge in [-0.3, -0.25) is 4.79 Å². The van der Waals surface area contributed by atoms with Crippen LogP contribution in [0.5, 0.6) is 5.75 Å². The van der Waals surface area contributed by atoms with Crippen LogP contribution in [0.25, 0.3) is 0 Å². The third-order valence-electron chi connectivity index (χ3n) is 2.17. The van der Waals surface area contributed by atoms with Crippen molar-refractivity contribution in [3.63, 3.8) is 0 Å². The maximum atomic E-state index is 13.1. The molecular formula is C12H14ClFO3. The van der Waals surface area contributed by atoms with Crippen molar-refractivity contribution in [3.05, 3.63) is 29.6 Å². The second kappa shape index (κ2) is 6.45. The van der Waals surface area contributed by atoms with Gasteiger partial charge in [0.2, 0.25) is 0 Å². The van der Waals surface area contributed by atoms with Crippen LogP contribution in [0.2, 0.25) is 0 Å². The second-order valence-electron chi connectivity index (χ2n) is 3.39. The van der Waals surface area contributed by atoms with Crippen molar-refractivity contribution in [2.24, 2.45) is 0 Å². The number of methoxy groups -OCH3 is 1. The number of esters is 1. The van der Waals surface area contributed by atoms with Crippen molar-refractivity contribution in [2.45, 2.75) is 18.7 Å². The maximum Gasteiger partial charge on any atom is 0.324 e. The van der Waals surface area contributed by atoms with Crippen molar-refractivity contribution in [2.75, 3.05) is 13.7 Å². The lowest BCUT2D eigenvalue weighted by atomic mass is 10.1. The standard InChI is InChI=1S/C12H14ClFO3/c1-3-17-12(15)9(13)6-8-4-5-10(14)11(7-8)16-2/h4-5,7,9H,3,6H2,1-2H3. The van der Waals surface area contributed by atoms with Gasteiger partial charge in [0.1, 0.15) is 5.38 Å². The molecule has 3 nitrogen and oxygen atoms in total. The highest BCUT2D eigenvalue weighted by Crippen LogP contribution is 2.20. The molecule has 0 aliphatic carbocycles. The van der Waals surface area contributed by atoms with E-state index in [0.717, 1.165) is 5.56 Å². The van der Waals surface area contributed by atoms with Crippen LogP contribution in [-0.4, -0.2) is 25.1 Å². The Labute approximate surface area is 104 Å². The summed E-state index contributed by atoms with van der Waals surface area (Å²) in [6, 6.07) is 4.36. The quantitative estimate of drug-likeness (QED) is 0.603. The van der Waals surface area contributed by atoms with Gasteiger partial charge in [-0.2, -0.15) is 0 Å². The molecule has 0 amide bonds. The molecular weight excluding hydrogens is 247 g/mol. The van der Waals surface area contributed by atoms with Gasteiger partial charge in [-0.15, -0.1) is 11.6 Å². The number of carbonyl (C=O) groups excluding carboxylic acids is 1. The Hall–Kier alpha value is -1.29. The van der Waals surface area contributed by atoms with E-state index in [9.17, 15) is 9.18 Å². The Balaban J connectivity index is 2.71. The molecule has 0 saturated carbocycles. The fourth-order valence-electron chi connectivity index (χ4n) is 1.35. The number of ether oxygens (including phenoxy) is 2. The van der Waals surface area contributed by atoms with Crippen molar-refractivity contribution >= 4 is 17.6 Å². The second-order valence-corrected chi connectivity index (χ2v) is 3.92. The van der Waals surface area contributed by atoms with Gasteiger partial charge in [0.05, 0.1) is 13.7 Å². The Morgan fingerprint density at radius 2 is 2.24 bits per heavy atom. The molecule has 1 unspecified atom stereocenters. The summed E-state index contributed by atoms with van der Waals surface area (Å²) in [6.45, 7) is 2.00. The summed E-state index contributed by atoms with van der Waals surface area (Å²) in [4.78, 5) is 11.3. The van der Waals surface area contributed by atoms with Gasteiger partial charge >= 0.3 is 5.97 Å². The average Bonchev–Trinajstić information content (AvgIpc) is 2.31. The van der Waals surface area contributed by atoms with Crippen LogP contribution < -0.4 is 4.74 Å². The van der Waals surface area contributed by atoms with Gasteiger partial charge in [0.15, 0.2) is 11.6 Å². The third-order valence-corrected chi connectivity index (χ3v) is 2.51. The summed E-state index contributed by atoms with van der Waals surface area (Å²) >= 11 is 5.87. The topological polar surface area (TPSA) is 35.5 Å². The van der Waals surface area contributed by atoms with Crippen LogP contribution in [-0.2, 0) is 16.0 Å². The van der Waals surface area contributed by atoms with Crippen molar-refractivity contribution in [1.82, 2.24) is 0 Å². The molecule has 17 heavy (non-hydrogen) atoms. The highest BCUT2D eigenvalue weighted by atomic mass is 35.5. The van der Waals surface area contributed by atoms with E-state index in [1.807, 2.05) is 0 Å². The first-order valence-electron chi connectivity index (χ1n) is 5.21. The van der Waals surface area contributed by atoms with E-state index in [4.69, 9.17) is 21.1 Å². The van der Waals surface area contributed by atoms with Crippen LogP contribution in [0.1, 0.15) is 12.5 Å². The predicted molar refractivity (Wildman–Crippen MR) is 62.9 cm³/mol. The number of alkyl halides is 1. The highest BCUT2D eigenvalue weighted by Gasteiger charge is 2.17. The fourth-order valence-corrected chi connectivity index (χ4v) is 1.60. The van der Waals surface area contributed by atoms with Crippen LogP contribution >= 0.6 is 11.6 Å². The minimum absolute atomic E-state index is 0.134. The molecule has 94 valence electrons. The number of hydrogen-bond acceptors (Lipinski definition) is 3. The summed E-state index contributed by atoms with van der Waals surface area (Å²) < 4.78 is 22.8. The molecule has 0 N–H and O–H groups in total. The van der Waals surface area contributed by atoms with E-state index in [0.29, 0.717) is 0 Å². The number of halogens is 2. The van der Waals surface area contributed by atoms with Gasteiger partial charge in [0.25, 0.3) is 0 Å². The molecule has 0 saturated heterocycles. The normalized spacial score (nSPS) is 12.0. The first-order valence-corrected chi connectivity index (χ1v) is 5.65. The molecule has 0 fully saturated rings. The van der Waals surface area contributed by atoms with Crippen molar-refractivity contribution < 1.29 is 18.7 Å². The molecule has 1 rings (SSSR count). The first-order chi connectivity index (χ1) is 8.08. The zero-order chi connectivity index (χ0) is 12.8. The minimum Gasteiger partial charge on any atom is -0.494 e. The van der Waals surface area contributed by atoms with Crippen molar-refractivity contribution in [1.29, 1.82) is 0 Å². The number of hydrogen-bond donors (Lipinski definition) is 0. The summed E-state index contributed by atoms with van der Waals surface area (Å²) in [5.41, 5.74) is 0.719. The molecule has 1 aromatic carbocycles. The van der Waals surface area contributed by atoms with Crippen LogP contribution in [0.15, 0.2) is 18.2 Å². The Kier molecular flexibility index (Phi) is 5.22. The van der Waals surface area contributed by atoms with E-state index in [-0.39, 0.29) is 18.8 Å². The smallest absolute Gasteiger partial charge is 0.324 e. The molecule has 1 aromatic rings. The van der Waals surface area contributed by atoms with Gasteiger partial charge in [-0.05, 0) is 31.0 Å². The van der Waals surface area contributed by atoms with Crippen LogP contribution in [0.3, 0.4) is 0 Å². The molecule has 1 atom stereocenters. The number of carbonyl (C=O) groups is 1. The average molecular weight is 261 g/mol. The zero-order valence-electron chi connectivity index (χ0n) is 9.70. The van der Waals surface area contributed by atoms with E-state index in [1.165, 1.54) is 19.2 Å². The summed E-state index contributed by atoms with van der Waals surface area (Å²) in [7, 11) is 1.38. The van der Waals surface area contributed by atoms with Gasteiger partial charge in [-0.1, -0.05) is 6.07 Å². The molecule has 0 aromatic heterocycles. The predicted octanol–water partition coefficient (Wildman–Crippen LogP) is 2.55. The van der Waals surface area contributed by atoms with E-state index < -0.39 is 17.2 Å². The summed E-state index contributed by atoms with van der Waals surface area (Å²) in [6.07, 6.45) is 0.275. The molecule has 0 radical (unpaired) electrons. The summed E-state index contributed by atoms with van der Waals surface area (Å²) in [5.74, 6) is -0.786. The van der Waals surface area contributed by atoms with E-state index >= 15 is 0 Å². The Morgan fingerprint density at radius 1 is 1.53 bits per heavy atom. The van der Waals surface area contributed by atoms with Gasteiger partial charge in [0, 0.05) is 0 Å². The van der Waals surface area contributed by atoms with Gasteiger partial charge < -0.3 is 9.47 Å². The molecule has 0 spiro atoms. The van der Waals surface area contributed by atoms with Crippen LogP contribution in [0.4, 0.5) is 4.39 Å². The lowest BCUT2D eigenvalue weighted by molar-refractivity contribution is -0.142. The minimum atomic E-state index is -0.773. The lowest BCUT2D eigenvalue weighted by Crippen LogP contribution is -2.20. The van der Waals surface area contributed by atoms with Crippen molar-refractivity contribution in [3.8, 4) is 5.75 Å². The Morgan fingerprint density at radius 3 is 2.82 bits per heavy atom. The highest BCUT2D eigenvalue weighted by molar-refractivity contribution is 6.30. The SMILES string of the molecule is CCOC(=O)C(Cl)Cc1ccc(F)c(OC)c1. The largest absolute Gasteiger partial charge is 0.494 e. The molecule has 0 bridgehead atoms. The zero-order valence-corrected chi connectivity index (χ0v) is 10.5. The summed E-state index contributed by atoms with van der Waals surface area (Å²) in [5, 5.41) is -0.773. The molecule has 5 heteroatoms. The van der Waals surface area contributed by atoms with E-state index in [1.54, 1.807) is 13.0 Å². The fraction of sp³-hybridized carbons (Fsp3) is 0.417. The third kappa shape index (κ3) is 3.89. The van der Waals surface area contributed by atoms with Crippen LogP contribution in [0, 0.1) is 5.82 Å². The molecule has 0 heterocycles.